The van der Waals surface area contributed by atoms with Gasteiger partial charge in [0.25, 0.3) is 7.82 Å². The molecule has 70 heavy (non-hydrogen) atoms. The number of allylic oxidation sites excluding steroid dienone is 15. The van der Waals surface area contributed by atoms with E-state index in [1.807, 2.05) is 39.4 Å². The molecule has 0 heterocycles. The van der Waals surface area contributed by atoms with Gasteiger partial charge >= 0.3 is 5.97 Å². The molecule has 3 atom stereocenters. The van der Waals surface area contributed by atoms with E-state index in [4.69, 9.17) is 13.8 Å². The number of phosphoric acid groups is 1. The second-order valence-electron chi connectivity index (χ2n) is 19.8. The van der Waals surface area contributed by atoms with E-state index in [9.17, 15) is 19.0 Å². The molecule has 402 valence electrons. The van der Waals surface area contributed by atoms with Crippen molar-refractivity contribution in [1.29, 1.82) is 0 Å². The summed E-state index contributed by atoms with van der Waals surface area (Å²) in [6.07, 6.45) is 65.2. The lowest BCUT2D eigenvalue weighted by Crippen LogP contribution is -2.47. The van der Waals surface area contributed by atoms with Crippen LogP contribution in [0.15, 0.2) is 97.2 Å². The first-order valence-electron chi connectivity index (χ1n) is 28.1. The van der Waals surface area contributed by atoms with Crippen LogP contribution in [-0.2, 0) is 27.9 Å². The Bertz CT molecular complexity index is 1520. The highest BCUT2D eigenvalue weighted by Crippen LogP contribution is 2.38. The lowest BCUT2D eigenvalue weighted by molar-refractivity contribution is -0.870. The van der Waals surface area contributed by atoms with Crippen molar-refractivity contribution in [2.24, 2.45) is 0 Å². The Kier molecular flexibility index (Phi) is 47.3. The predicted molar refractivity (Wildman–Crippen MR) is 297 cm³/mol. The summed E-state index contributed by atoms with van der Waals surface area (Å²) in [6, 6.07) is -0.916. The number of likely N-dealkylation sites (N-methyl/N-ethyl adjacent to an activating group) is 1. The summed E-state index contributed by atoms with van der Waals surface area (Å²) in [5.74, 6) is -0.609. The molecule has 3 unspecified atom stereocenters. The first kappa shape index (κ1) is 66.9. The van der Waals surface area contributed by atoms with Crippen LogP contribution in [0.25, 0.3) is 0 Å². The minimum Gasteiger partial charge on any atom is -0.756 e. The average molecular weight is 997 g/mol. The summed E-state index contributed by atoms with van der Waals surface area (Å²) in [4.78, 5) is 39.8. The smallest absolute Gasteiger partial charge is 0.306 e. The third kappa shape index (κ3) is 49.9. The Morgan fingerprint density at radius 1 is 0.529 bits per heavy atom. The maximum absolute atomic E-state index is 13.4. The molecule has 0 aromatic rings. The van der Waals surface area contributed by atoms with Crippen molar-refractivity contribution in [3.63, 3.8) is 0 Å². The van der Waals surface area contributed by atoms with Gasteiger partial charge in [-0.05, 0) is 96.0 Å². The van der Waals surface area contributed by atoms with Crippen LogP contribution < -0.4 is 10.2 Å². The molecular formula is C60H105N2O7P. The summed E-state index contributed by atoms with van der Waals surface area (Å²) in [5, 5.41) is 2.99. The molecule has 0 aliphatic rings. The highest BCUT2D eigenvalue weighted by molar-refractivity contribution is 7.45. The number of amides is 1. The quantitative estimate of drug-likeness (QED) is 0.0161. The zero-order valence-corrected chi connectivity index (χ0v) is 46.6. The molecule has 1 N–H and O–H groups in total. The molecular weight excluding hydrogens is 892 g/mol. The highest BCUT2D eigenvalue weighted by atomic mass is 31.2. The van der Waals surface area contributed by atoms with Crippen LogP contribution in [-0.4, -0.2) is 69.4 Å². The first-order chi connectivity index (χ1) is 33.9. The Balaban J connectivity index is 5.44. The molecule has 10 heteroatoms. The monoisotopic (exact) mass is 997 g/mol. The van der Waals surface area contributed by atoms with Crippen molar-refractivity contribution >= 4 is 19.7 Å². The van der Waals surface area contributed by atoms with E-state index in [1.54, 1.807) is 0 Å². The summed E-state index contributed by atoms with van der Waals surface area (Å²) >= 11 is 0. The van der Waals surface area contributed by atoms with E-state index in [0.29, 0.717) is 23.9 Å². The van der Waals surface area contributed by atoms with E-state index in [-0.39, 0.29) is 31.3 Å². The van der Waals surface area contributed by atoms with Crippen LogP contribution in [0.2, 0.25) is 0 Å². The molecule has 1 amide bonds. The highest BCUT2D eigenvalue weighted by Gasteiger charge is 2.27. The fraction of sp³-hybridized carbons (Fsp3) is 0.700. The largest absolute Gasteiger partial charge is 0.756 e. The number of carbonyl (C=O) groups is 2. The van der Waals surface area contributed by atoms with Gasteiger partial charge in [0, 0.05) is 12.8 Å². The van der Waals surface area contributed by atoms with Crippen LogP contribution >= 0.6 is 7.82 Å². The van der Waals surface area contributed by atoms with Crippen molar-refractivity contribution in [3.05, 3.63) is 97.2 Å². The molecule has 0 fully saturated rings. The number of hydrogen-bond donors (Lipinski definition) is 1. The third-order valence-corrected chi connectivity index (χ3v) is 12.8. The summed E-state index contributed by atoms with van der Waals surface area (Å²) < 4.78 is 30.1. The van der Waals surface area contributed by atoms with Crippen LogP contribution in [0.3, 0.4) is 0 Å². The summed E-state index contributed by atoms with van der Waals surface area (Å²) in [6.45, 7) is 6.61. The molecule has 0 aliphatic heterocycles. The number of nitrogens with one attached hydrogen (secondary N) is 1. The van der Waals surface area contributed by atoms with Gasteiger partial charge in [-0.25, -0.2) is 0 Å². The van der Waals surface area contributed by atoms with Gasteiger partial charge in [0.15, 0.2) is 0 Å². The molecule has 0 rings (SSSR count). The van der Waals surface area contributed by atoms with Crippen LogP contribution in [0.1, 0.15) is 220 Å². The van der Waals surface area contributed by atoms with Gasteiger partial charge in [-0.3, -0.25) is 14.2 Å². The number of quaternary nitrogens is 1. The zero-order chi connectivity index (χ0) is 51.5. The maximum atomic E-state index is 13.4. The standard InChI is InChI=1S/C60H105N2O7P/c1-7-10-13-16-19-22-25-28-29-30-31-32-33-35-38-41-44-47-50-53-60(64)69-58(51-48-45-42-39-36-27-24-21-18-15-12-9-3)57(56-68-70(65,66)67-55-54-62(4,5)6)61-59(63)52-49-46-43-40-37-34-26-23-20-17-14-11-8-2/h11,14,17,19-20,22-23,26,28-29,31-32,35,38,48,51,57-58H,7-10,12-13,15-16,18,21,24-25,27,30,33-34,36-37,39-47,49-50,52-56H2,1-6H3,(H-,61,63,65,66)/b14-11+,20-17+,22-19-,26-23-,29-28-,32-31-,38-35-,51-48-. The van der Waals surface area contributed by atoms with Crippen molar-refractivity contribution in [1.82, 2.24) is 5.32 Å². The molecule has 0 aliphatic carbocycles. The molecule has 0 aromatic heterocycles. The Labute approximate surface area is 430 Å². The molecule has 0 radical (unpaired) electrons. The van der Waals surface area contributed by atoms with E-state index < -0.39 is 26.6 Å². The molecule has 0 aromatic carbocycles. The second-order valence-corrected chi connectivity index (χ2v) is 21.2. The van der Waals surface area contributed by atoms with Gasteiger partial charge in [0.05, 0.1) is 33.8 Å². The first-order valence-corrected chi connectivity index (χ1v) is 29.5. The van der Waals surface area contributed by atoms with Crippen LogP contribution in [0, 0.1) is 0 Å². The second kappa shape index (κ2) is 49.5. The molecule has 0 saturated carbocycles. The minimum atomic E-state index is -4.71. The average Bonchev–Trinajstić information content (AvgIpc) is 3.32. The lowest BCUT2D eigenvalue weighted by Gasteiger charge is -2.30. The number of rotatable bonds is 49. The number of ether oxygens (including phenoxy) is 1. The van der Waals surface area contributed by atoms with E-state index in [2.05, 4.69) is 105 Å². The van der Waals surface area contributed by atoms with Crippen molar-refractivity contribution in [3.8, 4) is 0 Å². The number of nitrogens with zero attached hydrogens (tertiary/aromatic N) is 1. The topological polar surface area (TPSA) is 114 Å². The predicted octanol–water partition coefficient (Wildman–Crippen LogP) is 16.2. The molecule has 0 spiro atoms. The number of hydrogen-bond acceptors (Lipinski definition) is 7. The Hall–Kier alpha value is -3.07. The number of esters is 1. The Morgan fingerprint density at radius 2 is 0.971 bits per heavy atom. The fourth-order valence-corrected chi connectivity index (χ4v) is 8.17. The van der Waals surface area contributed by atoms with Crippen LogP contribution in [0.4, 0.5) is 0 Å². The normalized spacial score (nSPS) is 14.6. The summed E-state index contributed by atoms with van der Waals surface area (Å²) in [7, 11) is 1.14. The SMILES string of the molecule is CC/C=C/C=C/C=C\CCCCCCCC(=O)NC(COP(=O)([O-])OCC[N+](C)(C)C)C(/C=C\CCCCCCCCCCCC)OC(=O)CCCCC/C=C\C/C=C\C/C=C\C/C=C\CCCCC. The van der Waals surface area contributed by atoms with Crippen molar-refractivity contribution in [2.45, 2.75) is 232 Å². The molecule has 0 saturated heterocycles. The lowest BCUT2D eigenvalue weighted by atomic mass is 10.0. The van der Waals surface area contributed by atoms with Gasteiger partial charge in [0.2, 0.25) is 5.91 Å². The number of carbonyl (C=O) groups excluding carboxylic acids is 2. The van der Waals surface area contributed by atoms with Gasteiger partial charge < -0.3 is 28.5 Å². The number of phosphoric ester groups is 1. The van der Waals surface area contributed by atoms with Gasteiger partial charge in [-0.15, -0.1) is 0 Å². The van der Waals surface area contributed by atoms with Gasteiger partial charge in [-0.2, -0.15) is 0 Å². The van der Waals surface area contributed by atoms with E-state index in [0.717, 1.165) is 96.3 Å². The van der Waals surface area contributed by atoms with Gasteiger partial charge in [0.1, 0.15) is 19.3 Å². The molecule has 9 nitrogen and oxygen atoms in total. The van der Waals surface area contributed by atoms with Crippen LogP contribution in [0.5, 0.6) is 0 Å². The van der Waals surface area contributed by atoms with E-state index >= 15 is 0 Å². The van der Waals surface area contributed by atoms with E-state index in [1.165, 1.54) is 77.0 Å². The minimum absolute atomic E-state index is 0.0368. The fourth-order valence-electron chi connectivity index (χ4n) is 7.44. The Morgan fingerprint density at radius 3 is 1.53 bits per heavy atom. The number of unbranched alkanes of at least 4 members (excludes halogenated alkanes) is 21. The van der Waals surface area contributed by atoms with Gasteiger partial charge in [-0.1, -0.05) is 208 Å². The van der Waals surface area contributed by atoms with Crippen molar-refractivity contribution in [2.75, 3.05) is 40.9 Å². The summed E-state index contributed by atoms with van der Waals surface area (Å²) in [5.41, 5.74) is 0. The van der Waals surface area contributed by atoms with Crippen molar-refractivity contribution < 1.29 is 37.3 Å². The molecule has 0 bridgehead atoms. The zero-order valence-electron chi connectivity index (χ0n) is 45.7. The maximum Gasteiger partial charge on any atom is 0.306 e. The third-order valence-electron chi connectivity index (χ3n) is 11.8.